The quantitative estimate of drug-likeness (QED) is 0.775. The minimum absolute atomic E-state index is 0.174. The molecule has 1 heterocycles. The summed E-state index contributed by atoms with van der Waals surface area (Å²) in [5, 5.41) is 11.0. The van der Waals surface area contributed by atoms with Crippen LogP contribution in [0.4, 0.5) is 0 Å². The van der Waals surface area contributed by atoms with E-state index in [4.69, 9.17) is 4.74 Å². The van der Waals surface area contributed by atoms with Gasteiger partial charge in [0.15, 0.2) is 11.5 Å². The molecule has 0 aliphatic carbocycles. The predicted octanol–water partition coefficient (Wildman–Crippen LogP) is 4.25. The molecule has 1 aromatic heterocycles. The van der Waals surface area contributed by atoms with Gasteiger partial charge in [-0.3, -0.25) is 0 Å². The van der Waals surface area contributed by atoms with Crippen molar-refractivity contribution in [3.63, 3.8) is 0 Å². The lowest BCUT2D eigenvalue weighted by atomic mass is 10.2. The Hall–Kier alpha value is -2.42. The van der Waals surface area contributed by atoms with Crippen LogP contribution in [0.15, 0.2) is 48.5 Å². The molecule has 0 bridgehead atoms. The molecule has 0 unspecified atom stereocenters. The number of hydrogen-bond acceptors (Lipinski definition) is 2. The number of para-hydroxylation sites is 2. The fourth-order valence-corrected chi connectivity index (χ4v) is 2.65. The van der Waals surface area contributed by atoms with Crippen LogP contribution < -0.4 is 4.74 Å². The van der Waals surface area contributed by atoms with Crippen molar-refractivity contribution in [3.05, 3.63) is 59.8 Å². The number of aromatic nitrogens is 1. The largest absolute Gasteiger partial charge is 0.504 e. The van der Waals surface area contributed by atoms with Crippen molar-refractivity contribution < 1.29 is 9.84 Å². The van der Waals surface area contributed by atoms with Crippen molar-refractivity contribution in [3.8, 4) is 11.5 Å². The molecule has 3 heteroatoms. The Balaban J connectivity index is 1.92. The van der Waals surface area contributed by atoms with Gasteiger partial charge in [-0.25, -0.2) is 0 Å². The Kier molecular flexibility index (Phi) is 3.57. The molecule has 0 radical (unpaired) electrons. The monoisotopic (exact) mass is 281 g/mol. The summed E-state index contributed by atoms with van der Waals surface area (Å²) in [4.78, 5) is 0. The van der Waals surface area contributed by atoms with E-state index in [2.05, 4.69) is 42.7 Å². The van der Waals surface area contributed by atoms with Gasteiger partial charge < -0.3 is 14.4 Å². The Morgan fingerprint density at radius 3 is 2.67 bits per heavy atom. The lowest BCUT2D eigenvalue weighted by molar-refractivity contribution is 0.280. The van der Waals surface area contributed by atoms with Gasteiger partial charge in [-0.2, -0.15) is 0 Å². The van der Waals surface area contributed by atoms with Crippen molar-refractivity contribution in [1.82, 2.24) is 4.57 Å². The van der Waals surface area contributed by atoms with Crippen LogP contribution in [0.2, 0.25) is 0 Å². The molecule has 2 aromatic carbocycles. The molecule has 0 atom stereocenters. The molecule has 3 nitrogen and oxygen atoms in total. The minimum atomic E-state index is 0.174. The molecular formula is C18H19NO2. The number of aromatic hydroxyl groups is 1. The number of rotatable bonds is 4. The van der Waals surface area contributed by atoms with Gasteiger partial charge in [-0.15, -0.1) is 0 Å². The van der Waals surface area contributed by atoms with E-state index in [0.29, 0.717) is 12.4 Å². The van der Waals surface area contributed by atoms with Crippen molar-refractivity contribution in [1.29, 1.82) is 0 Å². The fraction of sp³-hybridized carbons (Fsp3) is 0.222. The Bertz CT molecular complexity index is 774. The Morgan fingerprint density at radius 2 is 1.90 bits per heavy atom. The molecule has 0 saturated carbocycles. The normalized spacial score (nSPS) is 11.0. The smallest absolute Gasteiger partial charge is 0.161 e. The summed E-state index contributed by atoms with van der Waals surface area (Å²) < 4.78 is 8.01. The molecule has 1 N–H and O–H groups in total. The highest BCUT2D eigenvalue weighted by molar-refractivity contribution is 5.82. The molecule has 0 spiro atoms. The number of ether oxygens (including phenoxy) is 1. The van der Waals surface area contributed by atoms with Crippen molar-refractivity contribution in [2.24, 2.45) is 0 Å². The van der Waals surface area contributed by atoms with E-state index in [1.165, 1.54) is 16.5 Å². The first-order valence-electron chi connectivity index (χ1n) is 7.18. The van der Waals surface area contributed by atoms with Crippen molar-refractivity contribution >= 4 is 10.9 Å². The predicted molar refractivity (Wildman–Crippen MR) is 84.8 cm³/mol. The second-order valence-corrected chi connectivity index (χ2v) is 5.20. The third-order valence-corrected chi connectivity index (χ3v) is 3.70. The first-order chi connectivity index (χ1) is 10.2. The molecule has 108 valence electrons. The molecule has 0 aliphatic rings. The average Bonchev–Trinajstić information content (AvgIpc) is 2.83. The van der Waals surface area contributed by atoms with Gasteiger partial charge in [0.05, 0.1) is 5.69 Å². The van der Waals surface area contributed by atoms with Crippen LogP contribution in [-0.4, -0.2) is 9.67 Å². The molecule has 3 rings (SSSR count). The summed E-state index contributed by atoms with van der Waals surface area (Å²) in [6.45, 7) is 5.57. The molecule has 0 fully saturated rings. The number of aryl methyl sites for hydroxylation is 2. The number of phenolic OH excluding ortho intramolecular Hbond substituents is 1. The van der Waals surface area contributed by atoms with Gasteiger partial charge in [-0.05, 0) is 43.7 Å². The maximum absolute atomic E-state index is 9.76. The maximum Gasteiger partial charge on any atom is 0.161 e. The lowest BCUT2D eigenvalue weighted by Gasteiger charge is -2.10. The number of nitrogens with zero attached hydrogens (tertiary/aromatic N) is 1. The minimum Gasteiger partial charge on any atom is -0.504 e. The standard InChI is InChI=1S/C18H19NO2/c1-3-19-15(11-14-9-8-13(2)10-16(14)19)12-21-18-7-5-4-6-17(18)20/h4-11,20H,3,12H2,1-2H3. The van der Waals surface area contributed by atoms with E-state index in [9.17, 15) is 5.11 Å². The average molecular weight is 281 g/mol. The van der Waals surface area contributed by atoms with E-state index in [-0.39, 0.29) is 5.75 Å². The topological polar surface area (TPSA) is 34.4 Å². The van der Waals surface area contributed by atoms with Crippen LogP contribution in [0.25, 0.3) is 10.9 Å². The summed E-state index contributed by atoms with van der Waals surface area (Å²) in [5.41, 5.74) is 3.60. The summed E-state index contributed by atoms with van der Waals surface area (Å²) in [6, 6.07) is 15.7. The zero-order valence-electron chi connectivity index (χ0n) is 12.3. The summed E-state index contributed by atoms with van der Waals surface area (Å²) >= 11 is 0. The van der Waals surface area contributed by atoms with Gasteiger partial charge in [0.2, 0.25) is 0 Å². The highest BCUT2D eigenvalue weighted by Gasteiger charge is 2.09. The third-order valence-electron chi connectivity index (χ3n) is 3.70. The third kappa shape index (κ3) is 2.59. The van der Waals surface area contributed by atoms with Crippen LogP contribution in [0.5, 0.6) is 11.5 Å². The second kappa shape index (κ2) is 5.52. The Morgan fingerprint density at radius 1 is 1.10 bits per heavy atom. The van der Waals surface area contributed by atoms with Crippen LogP contribution in [-0.2, 0) is 13.2 Å². The van der Waals surface area contributed by atoms with E-state index >= 15 is 0 Å². The fourth-order valence-electron chi connectivity index (χ4n) is 2.65. The SMILES string of the molecule is CCn1c(COc2ccccc2O)cc2ccc(C)cc21. The first kappa shape index (κ1) is 13.6. The molecular weight excluding hydrogens is 262 g/mol. The number of fused-ring (bicyclic) bond motifs is 1. The zero-order valence-corrected chi connectivity index (χ0v) is 12.3. The highest BCUT2D eigenvalue weighted by Crippen LogP contribution is 2.27. The van der Waals surface area contributed by atoms with Crippen LogP contribution in [0.3, 0.4) is 0 Å². The summed E-state index contributed by atoms with van der Waals surface area (Å²) in [7, 11) is 0. The van der Waals surface area contributed by atoms with Crippen LogP contribution >= 0.6 is 0 Å². The lowest BCUT2D eigenvalue weighted by Crippen LogP contribution is -2.04. The highest BCUT2D eigenvalue weighted by atomic mass is 16.5. The van der Waals surface area contributed by atoms with Gasteiger partial charge in [0.1, 0.15) is 6.61 Å². The molecule has 21 heavy (non-hydrogen) atoms. The summed E-state index contributed by atoms with van der Waals surface area (Å²) in [6.07, 6.45) is 0. The summed E-state index contributed by atoms with van der Waals surface area (Å²) in [5.74, 6) is 0.689. The zero-order chi connectivity index (χ0) is 14.8. The maximum atomic E-state index is 9.76. The van der Waals surface area contributed by atoms with E-state index in [1.807, 2.05) is 6.07 Å². The number of hydrogen-bond donors (Lipinski definition) is 1. The Labute approximate surface area is 124 Å². The van der Waals surface area contributed by atoms with Crippen molar-refractivity contribution in [2.45, 2.75) is 27.0 Å². The van der Waals surface area contributed by atoms with Crippen LogP contribution in [0.1, 0.15) is 18.2 Å². The van der Waals surface area contributed by atoms with E-state index in [0.717, 1.165) is 12.2 Å². The molecule has 0 saturated heterocycles. The van der Waals surface area contributed by atoms with Gasteiger partial charge in [0.25, 0.3) is 0 Å². The van der Waals surface area contributed by atoms with Crippen molar-refractivity contribution in [2.75, 3.05) is 0 Å². The first-order valence-corrected chi connectivity index (χ1v) is 7.18. The van der Waals surface area contributed by atoms with Gasteiger partial charge in [-0.1, -0.05) is 24.3 Å². The second-order valence-electron chi connectivity index (χ2n) is 5.20. The van der Waals surface area contributed by atoms with E-state index in [1.54, 1.807) is 18.2 Å². The van der Waals surface area contributed by atoms with E-state index < -0.39 is 0 Å². The molecule has 0 aliphatic heterocycles. The molecule has 0 amide bonds. The molecule has 3 aromatic rings. The van der Waals surface area contributed by atoms with Gasteiger partial charge >= 0.3 is 0 Å². The van der Waals surface area contributed by atoms with Crippen LogP contribution in [0, 0.1) is 6.92 Å². The number of benzene rings is 2. The number of phenols is 1. The van der Waals surface area contributed by atoms with Gasteiger partial charge in [0, 0.05) is 17.4 Å².